The highest BCUT2D eigenvalue weighted by Crippen LogP contribution is 2.34. The van der Waals surface area contributed by atoms with Crippen molar-refractivity contribution < 1.29 is 31.1 Å². The van der Waals surface area contributed by atoms with Gasteiger partial charge >= 0.3 is 6.18 Å². The van der Waals surface area contributed by atoms with Gasteiger partial charge < -0.3 is 10.1 Å². The van der Waals surface area contributed by atoms with Crippen molar-refractivity contribution >= 4 is 21.6 Å². The standard InChI is InChI=1S/C23H21F3N2O4S/c1-32-17-12-10-16(11-13-17)14-15-27-22(29)18-6-2-4-8-20(18)28-33(30,31)21-9-5-3-7-19(21)23(24,25)26/h2-13,28H,14-15H2,1H3,(H,27,29). The normalized spacial score (nSPS) is 11.6. The summed E-state index contributed by atoms with van der Waals surface area (Å²) in [5, 5.41) is 2.69. The molecule has 3 aromatic carbocycles. The van der Waals surface area contributed by atoms with Crippen LogP contribution in [-0.2, 0) is 22.6 Å². The van der Waals surface area contributed by atoms with Crippen molar-refractivity contribution in [3.8, 4) is 5.75 Å². The Labute approximate surface area is 189 Å². The zero-order valence-electron chi connectivity index (χ0n) is 17.5. The minimum atomic E-state index is -4.86. The van der Waals surface area contributed by atoms with Crippen LogP contribution >= 0.6 is 0 Å². The Morgan fingerprint density at radius 1 is 0.939 bits per heavy atom. The molecule has 1 amide bonds. The third kappa shape index (κ3) is 6.04. The molecule has 6 nitrogen and oxygen atoms in total. The summed E-state index contributed by atoms with van der Waals surface area (Å²) in [4.78, 5) is 11.7. The molecule has 0 bridgehead atoms. The molecule has 3 aromatic rings. The molecule has 10 heteroatoms. The number of sulfonamides is 1. The highest BCUT2D eigenvalue weighted by Gasteiger charge is 2.37. The first-order chi connectivity index (χ1) is 15.6. The van der Waals surface area contributed by atoms with Crippen LogP contribution in [0.4, 0.5) is 18.9 Å². The number of ether oxygens (including phenoxy) is 1. The number of para-hydroxylation sites is 1. The number of alkyl halides is 3. The maximum absolute atomic E-state index is 13.3. The van der Waals surface area contributed by atoms with E-state index >= 15 is 0 Å². The quantitative estimate of drug-likeness (QED) is 0.500. The first-order valence-electron chi connectivity index (χ1n) is 9.81. The maximum Gasteiger partial charge on any atom is 0.417 e. The molecule has 0 aliphatic heterocycles. The fourth-order valence-corrected chi connectivity index (χ4v) is 4.42. The van der Waals surface area contributed by atoms with Crippen LogP contribution in [0.1, 0.15) is 21.5 Å². The fourth-order valence-electron chi connectivity index (χ4n) is 3.11. The van der Waals surface area contributed by atoms with Gasteiger partial charge in [0.05, 0.1) is 28.8 Å². The average Bonchev–Trinajstić information content (AvgIpc) is 2.79. The predicted molar refractivity (Wildman–Crippen MR) is 118 cm³/mol. The summed E-state index contributed by atoms with van der Waals surface area (Å²) in [7, 11) is -3.06. The van der Waals surface area contributed by atoms with Gasteiger partial charge in [-0.1, -0.05) is 36.4 Å². The fraction of sp³-hybridized carbons (Fsp3) is 0.174. The third-order valence-electron chi connectivity index (χ3n) is 4.76. The van der Waals surface area contributed by atoms with Gasteiger partial charge in [0, 0.05) is 6.54 Å². The largest absolute Gasteiger partial charge is 0.497 e. The number of halogens is 3. The molecule has 3 rings (SSSR count). The highest BCUT2D eigenvalue weighted by molar-refractivity contribution is 7.92. The lowest BCUT2D eigenvalue weighted by Gasteiger charge is -2.16. The topological polar surface area (TPSA) is 84.5 Å². The Morgan fingerprint density at radius 3 is 2.24 bits per heavy atom. The minimum absolute atomic E-state index is 0.0136. The van der Waals surface area contributed by atoms with E-state index in [4.69, 9.17) is 4.74 Å². The Morgan fingerprint density at radius 2 is 1.58 bits per heavy atom. The number of rotatable bonds is 8. The lowest BCUT2D eigenvalue weighted by atomic mass is 10.1. The molecule has 2 N–H and O–H groups in total. The summed E-state index contributed by atoms with van der Waals surface area (Å²) in [6, 6.07) is 16.8. The first kappa shape index (κ1) is 24.1. The smallest absolute Gasteiger partial charge is 0.417 e. The second-order valence-corrected chi connectivity index (χ2v) is 8.65. The maximum atomic E-state index is 13.3. The van der Waals surface area contributed by atoms with Crippen LogP contribution in [0.15, 0.2) is 77.7 Å². The van der Waals surface area contributed by atoms with E-state index in [0.29, 0.717) is 18.2 Å². The molecule has 0 unspecified atom stereocenters. The van der Waals surface area contributed by atoms with E-state index in [0.717, 1.165) is 17.7 Å². The summed E-state index contributed by atoms with van der Waals surface area (Å²) in [5.74, 6) is 0.141. The number of nitrogens with one attached hydrogen (secondary N) is 2. The number of hydrogen-bond donors (Lipinski definition) is 2. The number of amides is 1. The Kier molecular flexibility index (Phi) is 7.27. The third-order valence-corrected chi connectivity index (χ3v) is 6.18. The number of carbonyl (C=O) groups excluding carboxylic acids is 1. The van der Waals surface area contributed by atoms with Crippen LogP contribution in [0.5, 0.6) is 5.75 Å². The van der Waals surface area contributed by atoms with Gasteiger partial charge in [-0.05, 0) is 48.4 Å². The number of hydrogen-bond acceptors (Lipinski definition) is 4. The predicted octanol–water partition coefficient (Wildman–Crippen LogP) is 4.49. The molecule has 0 saturated heterocycles. The minimum Gasteiger partial charge on any atom is -0.497 e. The number of methoxy groups -OCH3 is 1. The van der Waals surface area contributed by atoms with Crippen LogP contribution in [0.3, 0.4) is 0 Å². The molecular formula is C23H21F3N2O4S. The van der Waals surface area contributed by atoms with Crippen LogP contribution in [0.25, 0.3) is 0 Å². The van der Waals surface area contributed by atoms with Crippen LogP contribution in [0.2, 0.25) is 0 Å². The summed E-state index contributed by atoms with van der Waals surface area (Å²) in [6.45, 7) is 0.267. The van der Waals surface area contributed by atoms with Crippen molar-refractivity contribution in [3.05, 3.63) is 89.5 Å². The molecule has 33 heavy (non-hydrogen) atoms. The average molecular weight is 478 g/mol. The van der Waals surface area contributed by atoms with Gasteiger partial charge in [0.25, 0.3) is 15.9 Å². The van der Waals surface area contributed by atoms with Crippen LogP contribution in [-0.4, -0.2) is 28.0 Å². The van der Waals surface area contributed by atoms with Crippen LogP contribution < -0.4 is 14.8 Å². The molecule has 0 aliphatic carbocycles. The summed E-state index contributed by atoms with van der Waals surface area (Å²) in [6.07, 6.45) is -4.34. The Bertz CT molecular complexity index is 1230. The van der Waals surface area contributed by atoms with E-state index in [1.807, 2.05) is 12.1 Å². The number of anilines is 1. The van der Waals surface area contributed by atoms with Gasteiger partial charge in [-0.25, -0.2) is 8.42 Å². The second kappa shape index (κ2) is 9.95. The first-order valence-corrected chi connectivity index (χ1v) is 11.3. The van der Waals surface area contributed by atoms with E-state index in [-0.39, 0.29) is 17.8 Å². The van der Waals surface area contributed by atoms with Gasteiger partial charge in [-0.3, -0.25) is 9.52 Å². The van der Waals surface area contributed by atoms with E-state index in [1.54, 1.807) is 19.2 Å². The monoisotopic (exact) mass is 478 g/mol. The van der Waals surface area contributed by atoms with Crippen molar-refractivity contribution in [1.82, 2.24) is 5.32 Å². The summed E-state index contributed by atoms with van der Waals surface area (Å²) >= 11 is 0. The zero-order chi connectivity index (χ0) is 24.1. The van der Waals surface area contributed by atoms with Gasteiger partial charge in [0.15, 0.2) is 0 Å². The van der Waals surface area contributed by atoms with E-state index < -0.39 is 32.6 Å². The van der Waals surface area contributed by atoms with Crippen molar-refractivity contribution in [3.63, 3.8) is 0 Å². The molecule has 0 radical (unpaired) electrons. The van der Waals surface area contributed by atoms with Gasteiger partial charge in [-0.15, -0.1) is 0 Å². The van der Waals surface area contributed by atoms with E-state index in [2.05, 4.69) is 10.0 Å². The molecule has 174 valence electrons. The van der Waals surface area contributed by atoms with Crippen molar-refractivity contribution in [2.45, 2.75) is 17.5 Å². The number of benzene rings is 3. The highest BCUT2D eigenvalue weighted by atomic mass is 32.2. The Hall–Kier alpha value is -3.53. The van der Waals surface area contributed by atoms with E-state index in [9.17, 15) is 26.4 Å². The van der Waals surface area contributed by atoms with Crippen molar-refractivity contribution in [1.29, 1.82) is 0 Å². The van der Waals surface area contributed by atoms with Gasteiger partial charge in [-0.2, -0.15) is 13.2 Å². The molecule has 0 heterocycles. The lowest BCUT2D eigenvalue weighted by molar-refractivity contribution is -0.139. The second-order valence-electron chi connectivity index (χ2n) is 7.00. The van der Waals surface area contributed by atoms with E-state index in [1.165, 1.54) is 30.3 Å². The van der Waals surface area contributed by atoms with Crippen LogP contribution in [0, 0.1) is 0 Å². The lowest BCUT2D eigenvalue weighted by Crippen LogP contribution is -2.27. The molecule has 0 fully saturated rings. The molecule has 0 atom stereocenters. The molecule has 0 saturated carbocycles. The Balaban J connectivity index is 1.75. The molecule has 0 aliphatic rings. The molecule has 0 spiro atoms. The summed E-state index contributed by atoms with van der Waals surface area (Å²) < 4.78 is 72.5. The van der Waals surface area contributed by atoms with Gasteiger partial charge in [0.2, 0.25) is 0 Å². The van der Waals surface area contributed by atoms with Gasteiger partial charge in [0.1, 0.15) is 5.75 Å². The summed E-state index contributed by atoms with van der Waals surface area (Å²) in [5.41, 5.74) is -0.482. The number of carbonyl (C=O) groups is 1. The molecule has 0 aromatic heterocycles. The molecular weight excluding hydrogens is 457 g/mol. The van der Waals surface area contributed by atoms with Crippen molar-refractivity contribution in [2.24, 2.45) is 0 Å². The zero-order valence-corrected chi connectivity index (χ0v) is 18.3. The van der Waals surface area contributed by atoms with Crippen molar-refractivity contribution in [2.75, 3.05) is 18.4 Å². The SMILES string of the molecule is COc1ccc(CCNC(=O)c2ccccc2NS(=O)(=O)c2ccccc2C(F)(F)F)cc1.